The van der Waals surface area contributed by atoms with Crippen molar-refractivity contribution in [1.29, 1.82) is 0 Å². The minimum Gasteiger partial charge on any atom is -0.394 e. The third kappa shape index (κ3) is 2.45. The first-order valence-corrected chi connectivity index (χ1v) is 7.53. The van der Waals surface area contributed by atoms with E-state index in [1.165, 1.54) is 6.42 Å². The van der Waals surface area contributed by atoms with Crippen LogP contribution in [0, 0.1) is 5.92 Å². The van der Waals surface area contributed by atoms with E-state index in [4.69, 9.17) is 0 Å². The maximum atomic E-state index is 12.2. The largest absolute Gasteiger partial charge is 0.394 e. The number of aromatic nitrogens is 2. The highest BCUT2D eigenvalue weighted by Gasteiger charge is 2.28. The molecule has 2 N–H and O–H groups in total. The third-order valence-electron chi connectivity index (χ3n) is 3.96. The van der Waals surface area contributed by atoms with Crippen LogP contribution in [0.5, 0.6) is 0 Å². The first-order valence-electron chi connectivity index (χ1n) is 6.73. The Hall–Kier alpha value is -1.40. The molecule has 3 rings (SSSR count). The van der Waals surface area contributed by atoms with Crippen molar-refractivity contribution in [3.05, 3.63) is 34.6 Å². The van der Waals surface area contributed by atoms with E-state index in [0.717, 1.165) is 22.8 Å². The molecule has 1 aliphatic rings. The van der Waals surface area contributed by atoms with Gasteiger partial charge in [0.2, 0.25) is 0 Å². The van der Waals surface area contributed by atoms with Crippen LogP contribution in [-0.2, 0) is 0 Å². The number of carbonyl (C=O) groups is 1. The fourth-order valence-electron chi connectivity index (χ4n) is 2.49. The van der Waals surface area contributed by atoms with Crippen molar-refractivity contribution in [3.63, 3.8) is 0 Å². The van der Waals surface area contributed by atoms with Crippen molar-refractivity contribution in [2.24, 2.45) is 5.92 Å². The molecular weight excluding hydrogens is 322 g/mol. The van der Waals surface area contributed by atoms with E-state index in [0.29, 0.717) is 11.5 Å². The van der Waals surface area contributed by atoms with Crippen LogP contribution in [0.15, 0.2) is 29.0 Å². The van der Waals surface area contributed by atoms with Gasteiger partial charge < -0.3 is 10.4 Å². The molecule has 0 aromatic carbocycles. The standard InChI is InChI=1S/C14H16BrN3O2/c15-11-6-16-18-7-10(4-5-13(11)18)14(20)17-12(8-19)9-2-1-3-9/h4-7,9,12,19H,1-3,8H2,(H,17,20). The summed E-state index contributed by atoms with van der Waals surface area (Å²) >= 11 is 3.40. The SMILES string of the molecule is O=C(NC(CO)C1CCC1)c1ccc2c(Br)cnn2c1. The number of aliphatic hydroxyl groups is 1. The van der Waals surface area contributed by atoms with E-state index in [9.17, 15) is 9.90 Å². The Kier molecular flexibility index (Phi) is 3.76. The number of pyridine rings is 1. The van der Waals surface area contributed by atoms with Gasteiger partial charge in [-0.15, -0.1) is 0 Å². The molecule has 1 aliphatic carbocycles. The van der Waals surface area contributed by atoms with Crippen LogP contribution in [0.4, 0.5) is 0 Å². The van der Waals surface area contributed by atoms with E-state index in [1.807, 2.05) is 6.07 Å². The Labute approximate surface area is 125 Å². The smallest absolute Gasteiger partial charge is 0.253 e. The van der Waals surface area contributed by atoms with Gasteiger partial charge in [-0.25, -0.2) is 4.52 Å². The number of nitrogens with one attached hydrogen (secondary N) is 1. The van der Waals surface area contributed by atoms with Crippen LogP contribution in [-0.4, -0.2) is 33.3 Å². The number of rotatable bonds is 4. The van der Waals surface area contributed by atoms with Crippen molar-refractivity contribution in [1.82, 2.24) is 14.9 Å². The zero-order chi connectivity index (χ0) is 14.1. The molecule has 2 aromatic heterocycles. The summed E-state index contributed by atoms with van der Waals surface area (Å²) in [5.74, 6) is 0.246. The minimum atomic E-state index is -0.163. The molecule has 1 unspecified atom stereocenters. The van der Waals surface area contributed by atoms with Gasteiger partial charge in [0.05, 0.1) is 34.4 Å². The molecule has 1 saturated carbocycles. The molecule has 1 atom stereocenters. The van der Waals surface area contributed by atoms with Crippen molar-refractivity contribution >= 4 is 27.4 Å². The van der Waals surface area contributed by atoms with Gasteiger partial charge in [0.15, 0.2) is 0 Å². The molecular formula is C14H16BrN3O2. The van der Waals surface area contributed by atoms with Gasteiger partial charge in [0.1, 0.15) is 0 Å². The number of hydrogen-bond donors (Lipinski definition) is 2. The third-order valence-corrected chi connectivity index (χ3v) is 4.57. The molecule has 0 aliphatic heterocycles. The lowest BCUT2D eigenvalue weighted by molar-refractivity contribution is 0.0845. The van der Waals surface area contributed by atoms with Gasteiger partial charge >= 0.3 is 0 Å². The molecule has 106 valence electrons. The lowest BCUT2D eigenvalue weighted by atomic mass is 9.80. The number of carbonyl (C=O) groups excluding carboxylic acids is 1. The highest BCUT2D eigenvalue weighted by molar-refractivity contribution is 9.10. The van der Waals surface area contributed by atoms with Crippen molar-refractivity contribution in [2.45, 2.75) is 25.3 Å². The van der Waals surface area contributed by atoms with E-state index >= 15 is 0 Å². The highest BCUT2D eigenvalue weighted by atomic mass is 79.9. The fourth-order valence-corrected chi connectivity index (χ4v) is 2.90. The van der Waals surface area contributed by atoms with Gasteiger partial charge in [-0.3, -0.25) is 4.79 Å². The zero-order valence-corrected chi connectivity index (χ0v) is 12.5. The van der Waals surface area contributed by atoms with E-state index < -0.39 is 0 Å². The van der Waals surface area contributed by atoms with Gasteiger partial charge in [0, 0.05) is 6.20 Å². The summed E-state index contributed by atoms with van der Waals surface area (Å²) in [6.07, 6.45) is 6.74. The van der Waals surface area contributed by atoms with Crippen LogP contribution in [0.2, 0.25) is 0 Å². The highest BCUT2D eigenvalue weighted by Crippen LogP contribution is 2.29. The maximum Gasteiger partial charge on any atom is 0.253 e. The second-order valence-electron chi connectivity index (χ2n) is 5.19. The molecule has 0 bridgehead atoms. The predicted molar refractivity (Wildman–Crippen MR) is 78.6 cm³/mol. The Bertz CT molecular complexity index is 636. The zero-order valence-electron chi connectivity index (χ0n) is 10.9. The number of halogens is 1. The fraction of sp³-hybridized carbons (Fsp3) is 0.429. The number of aliphatic hydroxyl groups excluding tert-OH is 1. The number of fused-ring (bicyclic) bond motifs is 1. The van der Waals surface area contributed by atoms with E-state index in [1.54, 1.807) is 23.0 Å². The molecule has 1 fully saturated rings. The number of amides is 1. The first kappa shape index (κ1) is 13.6. The molecule has 6 heteroatoms. The lowest BCUT2D eigenvalue weighted by Gasteiger charge is -2.33. The van der Waals surface area contributed by atoms with Crippen molar-refractivity contribution < 1.29 is 9.90 Å². The minimum absolute atomic E-state index is 0.00797. The average Bonchev–Trinajstić information content (AvgIpc) is 2.77. The summed E-state index contributed by atoms with van der Waals surface area (Å²) in [7, 11) is 0. The van der Waals surface area contributed by atoms with Gasteiger partial charge in [0.25, 0.3) is 5.91 Å². The number of nitrogens with zero attached hydrogens (tertiary/aromatic N) is 2. The first-order chi connectivity index (χ1) is 9.69. The molecule has 0 radical (unpaired) electrons. The molecule has 1 amide bonds. The normalized spacial score (nSPS) is 16.9. The summed E-state index contributed by atoms with van der Waals surface area (Å²) in [5, 5.41) is 16.5. The monoisotopic (exact) mass is 337 g/mol. The molecule has 2 aromatic rings. The molecule has 20 heavy (non-hydrogen) atoms. The van der Waals surface area contributed by atoms with E-state index in [-0.39, 0.29) is 18.6 Å². The summed E-state index contributed by atoms with van der Waals surface area (Å²) in [5.41, 5.74) is 1.46. The molecule has 0 saturated heterocycles. The summed E-state index contributed by atoms with van der Waals surface area (Å²) in [4.78, 5) is 12.2. The predicted octanol–water partition coefficient (Wildman–Crippen LogP) is 1.99. The van der Waals surface area contributed by atoms with Gasteiger partial charge in [-0.1, -0.05) is 6.42 Å². The topological polar surface area (TPSA) is 66.6 Å². The van der Waals surface area contributed by atoms with Crippen LogP contribution < -0.4 is 5.32 Å². The second-order valence-corrected chi connectivity index (χ2v) is 6.05. The quantitative estimate of drug-likeness (QED) is 0.896. The Morgan fingerprint density at radius 1 is 1.55 bits per heavy atom. The van der Waals surface area contributed by atoms with Crippen LogP contribution in [0.3, 0.4) is 0 Å². The van der Waals surface area contributed by atoms with Gasteiger partial charge in [-0.2, -0.15) is 5.10 Å². The second kappa shape index (κ2) is 5.54. The average molecular weight is 338 g/mol. The van der Waals surface area contributed by atoms with Crippen molar-refractivity contribution in [2.75, 3.05) is 6.61 Å². The van der Waals surface area contributed by atoms with E-state index in [2.05, 4.69) is 26.3 Å². The molecule has 2 heterocycles. The lowest BCUT2D eigenvalue weighted by Crippen LogP contribution is -2.45. The number of hydrogen-bond acceptors (Lipinski definition) is 3. The van der Waals surface area contributed by atoms with Crippen LogP contribution in [0.1, 0.15) is 29.6 Å². The summed E-state index contributed by atoms with van der Waals surface area (Å²) in [6.45, 7) is -0.00797. The maximum absolute atomic E-state index is 12.2. The van der Waals surface area contributed by atoms with Crippen LogP contribution in [0.25, 0.3) is 5.52 Å². The van der Waals surface area contributed by atoms with Crippen LogP contribution >= 0.6 is 15.9 Å². The summed E-state index contributed by atoms with van der Waals surface area (Å²) in [6, 6.07) is 3.48. The summed E-state index contributed by atoms with van der Waals surface area (Å²) < 4.78 is 2.56. The molecule has 5 nitrogen and oxygen atoms in total. The van der Waals surface area contributed by atoms with Crippen molar-refractivity contribution in [3.8, 4) is 0 Å². The Morgan fingerprint density at radius 3 is 3.00 bits per heavy atom. The molecule has 0 spiro atoms. The van der Waals surface area contributed by atoms with Gasteiger partial charge in [-0.05, 0) is 46.8 Å². The Balaban J connectivity index is 1.77. The Morgan fingerprint density at radius 2 is 2.35 bits per heavy atom.